The van der Waals surface area contributed by atoms with Crippen LogP contribution >= 0.6 is 11.8 Å². The summed E-state index contributed by atoms with van der Waals surface area (Å²) >= 11 is 1.30. The molecular formula is C11H17NO2S. The van der Waals surface area contributed by atoms with Crippen molar-refractivity contribution in [3.8, 4) is 0 Å². The van der Waals surface area contributed by atoms with Gasteiger partial charge in [-0.05, 0) is 18.2 Å². The van der Waals surface area contributed by atoms with Crippen LogP contribution in [0, 0.1) is 0 Å². The maximum absolute atomic E-state index is 11.2. The number of allylic oxidation sites excluding steroid dienone is 2. The van der Waals surface area contributed by atoms with Crippen molar-refractivity contribution in [1.29, 1.82) is 0 Å². The normalized spacial score (nSPS) is 10.3. The number of amides is 1. The van der Waals surface area contributed by atoms with Crippen molar-refractivity contribution in [3.05, 3.63) is 23.0 Å². The van der Waals surface area contributed by atoms with Crippen LogP contribution in [-0.4, -0.2) is 31.2 Å². The molecule has 0 aliphatic carbocycles. The van der Waals surface area contributed by atoms with E-state index in [0.717, 1.165) is 19.1 Å². The molecule has 0 unspecified atom stereocenters. The van der Waals surface area contributed by atoms with E-state index >= 15 is 0 Å². The van der Waals surface area contributed by atoms with Crippen LogP contribution in [0.1, 0.15) is 19.3 Å². The Bertz CT molecular complexity index is 259. The van der Waals surface area contributed by atoms with Crippen LogP contribution in [-0.2, 0) is 9.59 Å². The Kier molecular flexibility index (Phi) is 7.72. The van der Waals surface area contributed by atoms with Gasteiger partial charge in [0.25, 0.3) is 0 Å². The van der Waals surface area contributed by atoms with Gasteiger partial charge < -0.3 is 4.90 Å². The molecule has 0 saturated carbocycles. The van der Waals surface area contributed by atoms with Crippen LogP contribution < -0.4 is 0 Å². The van der Waals surface area contributed by atoms with Gasteiger partial charge in [-0.1, -0.05) is 24.4 Å². The molecule has 0 radical (unpaired) electrons. The lowest BCUT2D eigenvalue weighted by Crippen LogP contribution is -2.20. The molecule has 4 heteroatoms. The number of aldehydes is 1. The third kappa shape index (κ3) is 8.00. The highest BCUT2D eigenvalue weighted by molar-refractivity contribution is 8.06. The highest BCUT2D eigenvalue weighted by Gasteiger charge is 2.01. The van der Waals surface area contributed by atoms with Crippen molar-refractivity contribution in [2.45, 2.75) is 19.3 Å². The van der Waals surface area contributed by atoms with Gasteiger partial charge in [-0.15, -0.1) is 0 Å². The Morgan fingerprint density at radius 1 is 1.47 bits per heavy atom. The first-order valence-electron chi connectivity index (χ1n) is 4.74. The first-order chi connectivity index (χ1) is 7.07. The fourth-order valence-corrected chi connectivity index (χ4v) is 1.29. The summed E-state index contributed by atoms with van der Waals surface area (Å²) < 4.78 is 0. The van der Waals surface area contributed by atoms with E-state index in [4.69, 9.17) is 0 Å². The zero-order valence-corrected chi connectivity index (χ0v) is 10.0. The molecule has 0 aliphatic rings. The van der Waals surface area contributed by atoms with Crippen molar-refractivity contribution >= 4 is 24.0 Å². The third-order valence-corrected chi connectivity index (χ3v) is 2.43. The van der Waals surface area contributed by atoms with E-state index < -0.39 is 0 Å². The van der Waals surface area contributed by atoms with Gasteiger partial charge in [0.1, 0.15) is 0 Å². The Morgan fingerprint density at radius 3 is 2.67 bits per heavy atom. The maximum Gasteiger partial charge on any atom is 0.222 e. The molecule has 84 valence electrons. The average molecular weight is 227 g/mol. The summed E-state index contributed by atoms with van der Waals surface area (Å²) in [6, 6.07) is 0. The standard InChI is InChI=1S/C11H17NO2S/c1-10(9-13)15-8-6-4-5-7-11(14)12(2)3/h6,8-9H,1,4-5,7H2,2-3H3/b8-6-. The minimum Gasteiger partial charge on any atom is -0.349 e. The molecule has 0 heterocycles. The van der Waals surface area contributed by atoms with Gasteiger partial charge >= 0.3 is 0 Å². The molecule has 0 aromatic carbocycles. The van der Waals surface area contributed by atoms with E-state index in [1.54, 1.807) is 19.0 Å². The van der Waals surface area contributed by atoms with E-state index in [-0.39, 0.29) is 5.91 Å². The molecule has 0 saturated heterocycles. The number of thioether (sulfide) groups is 1. The molecule has 1 amide bonds. The summed E-state index contributed by atoms with van der Waals surface area (Å²) in [4.78, 5) is 23.4. The number of carbonyl (C=O) groups excluding carboxylic acids is 2. The molecule has 0 N–H and O–H groups in total. The molecule has 3 nitrogen and oxygen atoms in total. The number of hydrogen-bond donors (Lipinski definition) is 0. The molecule has 0 rings (SSSR count). The van der Waals surface area contributed by atoms with E-state index in [1.165, 1.54) is 11.8 Å². The largest absolute Gasteiger partial charge is 0.349 e. The topological polar surface area (TPSA) is 37.4 Å². The van der Waals surface area contributed by atoms with Gasteiger partial charge in [-0.2, -0.15) is 0 Å². The smallest absolute Gasteiger partial charge is 0.222 e. The predicted molar refractivity (Wildman–Crippen MR) is 64.5 cm³/mol. The molecule has 0 fully saturated rings. The second-order valence-corrected chi connectivity index (χ2v) is 4.29. The highest BCUT2D eigenvalue weighted by atomic mass is 32.2. The molecule has 0 aromatic heterocycles. The van der Waals surface area contributed by atoms with Crippen molar-refractivity contribution in [3.63, 3.8) is 0 Å². The molecule has 0 bridgehead atoms. The zero-order valence-electron chi connectivity index (χ0n) is 9.23. The lowest BCUT2D eigenvalue weighted by molar-refractivity contribution is -0.128. The molecule has 0 aliphatic heterocycles. The Morgan fingerprint density at radius 2 is 2.13 bits per heavy atom. The zero-order chi connectivity index (χ0) is 11.7. The summed E-state index contributed by atoms with van der Waals surface area (Å²) in [5.41, 5.74) is 0. The number of rotatable bonds is 7. The SMILES string of the molecule is C=C(C=O)S/C=C\CCCC(=O)N(C)C. The van der Waals surface area contributed by atoms with Gasteiger partial charge in [-0.3, -0.25) is 9.59 Å². The Labute approximate surface area is 95.2 Å². The van der Waals surface area contributed by atoms with Gasteiger partial charge in [0.15, 0.2) is 6.29 Å². The van der Waals surface area contributed by atoms with E-state index in [1.807, 2.05) is 11.5 Å². The Balaban J connectivity index is 3.50. The number of nitrogens with zero attached hydrogens (tertiary/aromatic N) is 1. The van der Waals surface area contributed by atoms with Gasteiger partial charge in [-0.25, -0.2) is 0 Å². The van der Waals surface area contributed by atoms with Crippen LogP contribution in [0.5, 0.6) is 0 Å². The van der Waals surface area contributed by atoms with Crippen molar-refractivity contribution in [1.82, 2.24) is 4.90 Å². The monoisotopic (exact) mass is 227 g/mol. The van der Waals surface area contributed by atoms with Crippen LogP contribution in [0.4, 0.5) is 0 Å². The lowest BCUT2D eigenvalue weighted by atomic mass is 10.2. The van der Waals surface area contributed by atoms with Gasteiger partial charge in [0.05, 0.1) is 0 Å². The van der Waals surface area contributed by atoms with E-state index in [0.29, 0.717) is 11.3 Å². The predicted octanol–water partition coefficient (Wildman–Crippen LogP) is 2.20. The summed E-state index contributed by atoms with van der Waals surface area (Å²) in [5, 5.41) is 1.83. The summed E-state index contributed by atoms with van der Waals surface area (Å²) in [7, 11) is 3.50. The third-order valence-electron chi connectivity index (χ3n) is 1.71. The summed E-state index contributed by atoms with van der Waals surface area (Å²) in [5.74, 6) is 0.147. The quantitative estimate of drug-likeness (QED) is 0.380. The highest BCUT2D eigenvalue weighted by Crippen LogP contribution is 2.12. The first-order valence-corrected chi connectivity index (χ1v) is 5.61. The van der Waals surface area contributed by atoms with Crippen LogP contribution in [0.25, 0.3) is 0 Å². The van der Waals surface area contributed by atoms with Crippen LogP contribution in [0.2, 0.25) is 0 Å². The van der Waals surface area contributed by atoms with Crippen molar-refractivity contribution in [2.75, 3.05) is 14.1 Å². The second kappa shape index (κ2) is 8.29. The first kappa shape index (κ1) is 14.0. The fourth-order valence-electron chi connectivity index (χ4n) is 0.826. The molecular weight excluding hydrogens is 210 g/mol. The Hall–Kier alpha value is -1.03. The van der Waals surface area contributed by atoms with E-state index in [9.17, 15) is 9.59 Å². The molecule has 15 heavy (non-hydrogen) atoms. The van der Waals surface area contributed by atoms with Crippen LogP contribution in [0.15, 0.2) is 23.0 Å². The van der Waals surface area contributed by atoms with Crippen molar-refractivity contribution < 1.29 is 9.59 Å². The maximum atomic E-state index is 11.2. The lowest BCUT2D eigenvalue weighted by Gasteiger charge is -2.08. The van der Waals surface area contributed by atoms with Crippen LogP contribution in [0.3, 0.4) is 0 Å². The van der Waals surface area contributed by atoms with Gasteiger partial charge in [0.2, 0.25) is 5.91 Å². The van der Waals surface area contributed by atoms with Gasteiger partial charge in [0, 0.05) is 25.4 Å². The number of hydrogen-bond acceptors (Lipinski definition) is 3. The molecule has 0 atom stereocenters. The number of carbonyl (C=O) groups is 2. The average Bonchev–Trinajstić information content (AvgIpc) is 2.22. The minimum atomic E-state index is 0.147. The molecule has 0 spiro atoms. The summed E-state index contributed by atoms with van der Waals surface area (Å²) in [6.45, 7) is 3.53. The molecule has 0 aromatic rings. The fraction of sp³-hybridized carbons (Fsp3) is 0.455. The second-order valence-electron chi connectivity index (χ2n) is 3.25. The van der Waals surface area contributed by atoms with E-state index in [2.05, 4.69) is 6.58 Å². The number of unbranched alkanes of at least 4 members (excludes halogenated alkanes) is 1. The summed E-state index contributed by atoms with van der Waals surface area (Å²) in [6.07, 6.45) is 4.92. The minimum absolute atomic E-state index is 0.147. The van der Waals surface area contributed by atoms with Crippen molar-refractivity contribution in [2.24, 2.45) is 0 Å².